The van der Waals surface area contributed by atoms with Gasteiger partial charge < -0.3 is 5.11 Å². The third-order valence-corrected chi connectivity index (χ3v) is 4.65. The standard InChI is InChI=1S/C14H21NO3S/c1-3-10-15(11-4-2)19(17,18)14-7-5-13(6-8-14)9-12-16/h3,5-8,16H,1,4,9-12H2,2H3. The molecule has 0 fully saturated rings. The minimum Gasteiger partial charge on any atom is -0.396 e. The van der Waals surface area contributed by atoms with Gasteiger partial charge in [-0.1, -0.05) is 25.1 Å². The summed E-state index contributed by atoms with van der Waals surface area (Å²) in [5.41, 5.74) is 0.923. The lowest BCUT2D eigenvalue weighted by Crippen LogP contribution is -2.32. The minimum absolute atomic E-state index is 0.0600. The van der Waals surface area contributed by atoms with E-state index < -0.39 is 10.0 Å². The van der Waals surface area contributed by atoms with Crippen molar-refractivity contribution in [1.29, 1.82) is 0 Å². The molecule has 0 aliphatic rings. The van der Waals surface area contributed by atoms with Gasteiger partial charge in [-0.3, -0.25) is 0 Å². The SMILES string of the molecule is C=CCN(CCC)S(=O)(=O)c1ccc(CCO)cc1. The van der Waals surface area contributed by atoms with E-state index in [2.05, 4.69) is 6.58 Å². The molecule has 0 spiro atoms. The fourth-order valence-corrected chi connectivity index (χ4v) is 3.31. The monoisotopic (exact) mass is 283 g/mol. The van der Waals surface area contributed by atoms with Crippen LogP contribution in [0.4, 0.5) is 0 Å². The molecule has 0 aromatic heterocycles. The number of nitrogens with zero attached hydrogens (tertiary/aromatic N) is 1. The number of hydrogen-bond acceptors (Lipinski definition) is 3. The van der Waals surface area contributed by atoms with Crippen LogP contribution in [0.25, 0.3) is 0 Å². The molecular formula is C14H21NO3S. The summed E-state index contributed by atoms with van der Waals surface area (Å²) in [7, 11) is -3.46. The summed E-state index contributed by atoms with van der Waals surface area (Å²) in [6.07, 6.45) is 2.88. The second kappa shape index (κ2) is 7.43. The Morgan fingerprint density at radius 3 is 2.42 bits per heavy atom. The molecule has 0 saturated carbocycles. The van der Waals surface area contributed by atoms with Gasteiger partial charge in [-0.05, 0) is 30.5 Å². The first-order chi connectivity index (χ1) is 9.06. The van der Waals surface area contributed by atoms with Crippen LogP contribution in [0, 0.1) is 0 Å². The lowest BCUT2D eigenvalue weighted by molar-refractivity contribution is 0.299. The number of aliphatic hydroxyl groups is 1. The number of sulfonamides is 1. The lowest BCUT2D eigenvalue weighted by atomic mass is 10.2. The summed E-state index contributed by atoms with van der Waals surface area (Å²) in [5.74, 6) is 0. The van der Waals surface area contributed by atoms with Crippen molar-refractivity contribution in [3.63, 3.8) is 0 Å². The first kappa shape index (κ1) is 15.9. The third kappa shape index (κ3) is 4.16. The molecule has 0 bridgehead atoms. The molecule has 0 saturated heterocycles. The predicted octanol–water partition coefficient (Wildman–Crippen LogP) is 1.81. The van der Waals surface area contributed by atoms with Crippen LogP contribution >= 0.6 is 0 Å². The fraction of sp³-hybridized carbons (Fsp3) is 0.429. The molecule has 1 N–H and O–H groups in total. The van der Waals surface area contributed by atoms with E-state index in [9.17, 15) is 8.42 Å². The zero-order chi connectivity index (χ0) is 14.3. The van der Waals surface area contributed by atoms with Crippen molar-refractivity contribution >= 4 is 10.0 Å². The average molecular weight is 283 g/mol. The van der Waals surface area contributed by atoms with Gasteiger partial charge in [0.1, 0.15) is 0 Å². The van der Waals surface area contributed by atoms with Crippen LogP contribution in [0.2, 0.25) is 0 Å². The van der Waals surface area contributed by atoms with Gasteiger partial charge in [0.2, 0.25) is 10.0 Å². The van der Waals surface area contributed by atoms with E-state index in [1.165, 1.54) is 4.31 Å². The van der Waals surface area contributed by atoms with Crippen LogP contribution in [0.15, 0.2) is 41.8 Å². The summed E-state index contributed by atoms with van der Waals surface area (Å²) in [6.45, 7) is 6.39. The molecule has 19 heavy (non-hydrogen) atoms. The molecule has 0 aliphatic heterocycles. The molecule has 0 amide bonds. The van der Waals surface area contributed by atoms with Crippen molar-refractivity contribution in [2.75, 3.05) is 19.7 Å². The fourth-order valence-electron chi connectivity index (χ4n) is 1.81. The lowest BCUT2D eigenvalue weighted by Gasteiger charge is -2.20. The van der Waals surface area contributed by atoms with E-state index in [0.29, 0.717) is 19.5 Å². The normalized spacial score (nSPS) is 11.7. The zero-order valence-corrected chi connectivity index (χ0v) is 12.1. The Labute approximate surface area is 115 Å². The van der Waals surface area contributed by atoms with Gasteiger partial charge in [0.05, 0.1) is 4.90 Å². The highest BCUT2D eigenvalue weighted by Gasteiger charge is 2.22. The maximum Gasteiger partial charge on any atom is 0.243 e. The van der Waals surface area contributed by atoms with E-state index in [-0.39, 0.29) is 11.5 Å². The van der Waals surface area contributed by atoms with Crippen LogP contribution in [0.3, 0.4) is 0 Å². The van der Waals surface area contributed by atoms with Crippen LogP contribution in [-0.4, -0.2) is 37.5 Å². The Kier molecular flexibility index (Phi) is 6.21. The molecule has 5 heteroatoms. The quantitative estimate of drug-likeness (QED) is 0.740. The predicted molar refractivity (Wildman–Crippen MR) is 76.5 cm³/mol. The van der Waals surface area contributed by atoms with Crippen LogP contribution in [0.5, 0.6) is 0 Å². The number of aliphatic hydroxyl groups excluding tert-OH is 1. The summed E-state index contributed by atoms with van der Waals surface area (Å²) in [4.78, 5) is 0.282. The molecule has 4 nitrogen and oxygen atoms in total. The van der Waals surface area contributed by atoms with Crippen molar-refractivity contribution in [2.45, 2.75) is 24.7 Å². The van der Waals surface area contributed by atoms with Crippen molar-refractivity contribution in [3.8, 4) is 0 Å². The number of benzene rings is 1. The van der Waals surface area contributed by atoms with E-state index in [1.54, 1.807) is 30.3 Å². The minimum atomic E-state index is -3.46. The Hall–Kier alpha value is -1.17. The number of hydrogen-bond donors (Lipinski definition) is 1. The largest absolute Gasteiger partial charge is 0.396 e. The van der Waals surface area contributed by atoms with Crippen LogP contribution in [-0.2, 0) is 16.4 Å². The number of rotatable bonds is 8. The first-order valence-corrected chi connectivity index (χ1v) is 7.81. The molecule has 1 aromatic carbocycles. The van der Waals surface area contributed by atoms with E-state index in [0.717, 1.165) is 12.0 Å². The Morgan fingerprint density at radius 2 is 1.95 bits per heavy atom. The summed E-state index contributed by atoms with van der Waals surface area (Å²) >= 11 is 0. The van der Waals surface area contributed by atoms with Gasteiger partial charge in [0.15, 0.2) is 0 Å². The van der Waals surface area contributed by atoms with Gasteiger partial charge in [-0.25, -0.2) is 8.42 Å². The molecule has 1 rings (SSSR count). The molecular weight excluding hydrogens is 262 g/mol. The van der Waals surface area contributed by atoms with Crippen LogP contribution in [0.1, 0.15) is 18.9 Å². The third-order valence-electron chi connectivity index (χ3n) is 2.77. The average Bonchev–Trinajstić information content (AvgIpc) is 2.39. The maximum atomic E-state index is 12.4. The highest BCUT2D eigenvalue weighted by molar-refractivity contribution is 7.89. The van der Waals surface area contributed by atoms with Gasteiger partial charge in [-0.15, -0.1) is 6.58 Å². The maximum absolute atomic E-state index is 12.4. The van der Waals surface area contributed by atoms with Crippen molar-refractivity contribution in [1.82, 2.24) is 4.31 Å². The molecule has 0 radical (unpaired) electrons. The van der Waals surface area contributed by atoms with Crippen molar-refractivity contribution in [3.05, 3.63) is 42.5 Å². The molecule has 0 heterocycles. The Balaban J connectivity index is 3.00. The summed E-state index contributed by atoms with van der Waals surface area (Å²) in [5, 5.41) is 8.84. The topological polar surface area (TPSA) is 57.6 Å². The molecule has 0 atom stereocenters. The van der Waals surface area contributed by atoms with Gasteiger partial charge >= 0.3 is 0 Å². The van der Waals surface area contributed by atoms with Gasteiger partial charge in [0.25, 0.3) is 0 Å². The summed E-state index contributed by atoms with van der Waals surface area (Å²) in [6, 6.07) is 6.65. The summed E-state index contributed by atoms with van der Waals surface area (Å²) < 4.78 is 26.2. The Bertz CT molecular complexity index is 494. The van der Waals surface area contributed by atoms with Gasteiger partial charge in [-0.2, -0.15) is 4.31 Å². The van der Waals surface area contributed by atoms with Crippen molar-refractivity contribution in [2.24, 2.45) is 0 Å². The molecule has 106 valence electrons. The molecule has 0 aliphatic carbocycles. The van der Waals surface area contributed by atoms with Crippen molar-refractivity contribution < 1.29 is 13.5 Å². The second-order valence-electron chi connectivity index (χ2n) is 4.27. The first-order valence-electron chi connectivity index (χ1n) is 6.37. The second-order valence-corrected chi connectivity index (χ2v) is 6.21. The highest BCUT2D eigenvalue weighted by Crippen LogP contribution is 2.17. The van der Waals surface area contributed by atoms with E-state index in [4.69, 9.17) is 5.11 Å². The Morgan fingerprint density at radius 1 is 1.32 bits per heavy atom. The smallest absolute Gasteiger partial charge is 0.243 e. The highest BCUT2D eigenvalue weighted by atomic mass is 32.2. The zero-order valence-electron chi connectivity index (χ0n) is 11.2. The molecule has 1 aromatic rings. The molecule has 0 unspecified atom stereocenters. The van der Waals surface area contributed by atoms with Gasteiger partial charge in [0, 0.05) is 19.7 Å². The van der Waals surface area contributed by atoms with E-state index in [1.807, 2.05) is 6.92 Å². The van der Waals surface area contributed by atoms with E-state index >= 15 is 0 Å². The van der Waals surface area contributed by atoms with Crippen LogP contribution < -0.4 is 0 Å².